The van der Waals surface area contributed by atoms with E-state index in [1.54, 1.807) is 24.9 Å². The van der Waals surface area contributed by atoms with Crippen molar-refractivity contribution in [3.05, 3.63) is 66.5 Å². The standard InChI is InChI=1S/C23H20N4O3/c1-14-10-16(12-20(28-2)22(14)29-3)25-21-8-9-27-23(26-21)17(13-24-27)19-11-15-6-4-5-7-18(15)30-19/h4-13H,1-3H3,(H,25,26). The van der Waals surface area contributed by atoms with Gasteiger partial charge in [-0.2, -0.15) is 5.10 Å². The molecule has 0 radical (unpaired) electrons. The van der Waals surface area contributed by atoms with Crippen molar-refractivity contribution in [1.82, 2.24) is 14.6 Å². The van der Waals surface area contributed by atoms with Crippen molar-refractivity contribution in [3.8, 4) is 22.8 Å². The Kier molecular flexibility index (Phi) is 4.28. The maximum absolute atomic E-state index is 6.01. The molecule has 0 aliphatic carbocycles. The van der Waals surface area contributed by atoms with Crippen LogP contribution in [0.2, 0.25) is 0 Å². The predicted molar refractivity (Wildman–Crippen MR) is 116 cm³/mol. The third-order valence-electron chi connectivity index (χ3n) is 5.00. The molecule has 1 N–H and O–H groups in total. The van der Waals surface area contributed by atoms with E-state index in [1.807, 2.05) is 61.7 Å². The first-order chi connectivity index (χ1) is 14.7. The number of fused-ring (bicyclic) bond motifs is 2. The van der Waals surface area contributed by atoms with Crippen molar-refractivity contribution in [2.75, 3.05) is 19.5 Å². The number of aromatic nitrogens is 3. The minimum absolute atomic E-state index is 0.661. The Labute approximate surface area is 172 Å². The van der Waals surface area contributed by atoms with Crippen LogP contribution in [0.3, 0.4) is 0 Å². The molecule has 2 aromatic carbocycles. The molecule has 0 saturated heterocycles. The highest BCUT2D eigenvalue weighted by molar-refractivity contribution is 5.86. The zero-order valence-corrected chi connectivity index (χ0v) is 16.8. The van der Waals surface area contributed by atoms with Crippen LogP contribution in [0.15, 0.2) is 65.3 Å². The fourth-order valence-electron chi connectivity index (χ4n) is 3.60. The molecule has 0 aliphatic heterocycles. The Bertz CT molecular complexity index is 1340. The highest BCUT2D eigenvalue weighted by Gasteiger charge is 2.14. The maximum Gasteiger partial charge on any atom is 0.168 e. The van der Waals surface area contributed by atoms with Crippen LogP contribution in [-0.2, 0) is 0 Å². The van der Waals surface area contributed by atoms with Crippen molar-refractivity contribution >= 4 is 28.1 Å². The Balaban J connectivity index is 1.54. The fraction of sp³-hybridized carbons (Fsp3) is 0.130. The van der Waals surface area contributed by atoms with E-state index >= 15 is 0 Å². The van der Waals surface area contributed by atoms with Crippen LogP contribution < -0.4 is 14.8 Å². The van der Waals surface area contributed by atoms with E-state index in [0.717, 1.165) is 39.3 Å². The summed E-state index contributed by atoms with van der Waals surface area (Å²) in [5.41, 5.74) is 4.19. The van der Waals surface area contributed by atoms with Crippen LogP contribution in [0.4, 0.5) is 11.5 Å². The number of aryl methyl sites for hydroxylation is 1. The first-order valence-corrected chi connectivity index (χ1v) is 9.49. The molecule has 0 atom stereocenters. The number of ether oxygens (including phenoxy) is 2. The van der Waals surface area contributed by atoms with E-state index in [9.17, 15) is 0 Å². The molecule has 0 aliphatic rings. The quantitative estimate of drug-likeness (QED) is 0.436. The van der Waals surface area contributed by atoms with Crippen LogP contribution in [0.5, 0.6) is 11.5 Å². The lowest BCUT2D eigenvalue weighted by atomic mass is 10.2. The van der Waals surface area contributed by atoms with Gasteiger partial charge in [-0.1, -0.05) is 18.2 Å². The second-order valence-corrected chi connectivity index (χ2v) is 6.94. The SMILES string of the molecule is COc1cc(Nc2ccn3ncc(-c4cc5ccccc5o4)c3n2)cc(C)c1OC. The summed E-state index contributed by atoms with van der Waals surface area (Å²) in [5, 5.41) is 8.79. The molecule has 0 fully saturated rings. The summed E-state index contributed by atoms with van der Waals surface area (Å²) in [6.07, 6.45) is 3.63. The summed E-state index contributed by atoms with van der Waals surface area (Å²) in [7, 11) is 3.25. The minimum atomic E-state index is 0.661. The highest BCUT2D eigenvalue weighted by atomic mass is 16.5. The fourth-order valence-corrected chi connectivity index (χ4v) is 3.60. The number of methoxy groups -OCH3 is 2. The number of para-hydroxylation sites is 1. The van der Waals surface area contributed by atoms with E-state index in [1.165, 1.54) is 0 Å². The lowest BCUT2D eigenvalue weighted by Crippen LogP contribution is -1.99. The molecule has 3 aromatic heterocycles. The summed E-state index contributed by atoms with van der Waals surface area (Å²) < 4.78 is 18.6. The highest BCUT2D eigenvalue weighted by Crippen LogP contribution is 2.35. The number of benzene rings is 2. The van der Waals surface area contributed by atoms with Crippen molar-refractivity contribution in [1.29, 1.82) is 0 Å². The molecular formula is C23H20N4O3. The molecule has 5 aromatic rings. The summed E-state index contributed by atoms with van der Waals surface area (Å²) in [6, 6.07) is 15.7. The smallest absolute Gasteiger partial charge is 0.168 e. The van der Waals surface area contributed by atoms with E-state index in [0.29, 0.717) is 17.2 Å². The van der Waals surface area contributed by atoms with Crippen LogP contribution in [-0.4, -0.2) is 28.8 Å². The van der Waals surface area contributed by atoms with E-state index < -0.39 is 0 Å². The van der Waals surface area contributed by atoms with Gasteiger partial charge in [-0.3, -0.25) is 0 Å². The van der Waals surface area contributed by atoms with E-state index in [2.05, 4.69) is 10.4 Å². The van der Waals surface area contributed by atoms with Gasteiger partial charge in [-0.05, 0) is 36.8 Å². The molecule has 0 spiro atoms. The topological polar surface area (TPSA) is 73.8 Å². The summed E-state index contributed by atoms with van der Waals surface area (Å²) in [6.45, 7) is 1.97. The van der Waals surface area contributed by atoms with Gasteiger partial charge < -0.3 is 19.2 Å². The third-order valence-corrected chi connectivity index (χ3v) is 5.00. The predicted octanol–water partition coefficient (Wildman–Crippen LogP) is 5.21. The molecule has 7 heteroatoms. The molecule has 150 valence electrons. The number of hydrogen-bond acceptors (Lipinski definition) is 6. The van der Waals surface area contributed by atoms with Gasteiger partial charge in [0.05, 0.1) is 26.0 Å². The largest absolute Gasteiger partial charge is 0.493 e. The molecule has 0 bridgehead atoms. The maximum atomic E-state index is 6.01. The van der Waals surface area contributed by atoms with Crippen LogP contribution >= 0.6 is 0 Å². The third kappa shape index (κ3) is 3.00. The van der Waals surface area contributed by atoms with Crippen molar-refractivity contribution in [2.45, 2.75) is 6.92 Å². The molecule has 5 rings (SSSR count). The number of nitrogens with zero attached hydrogens (tertiary/aromatic N) is 3. The van der Waals surface area contributed by atoms with Gasteiger partial charge in [0.1, 0.15) is 17.2 Å². The van der Waals surface area contributed by atoms with Crippen LogP contribution in [0.1, 0.15) is 5.56 Å². The second kappa shape index (κ2) is 7.11. The van der Waals surface area contributed by atoms with Gasteiger partial charge in [0.25, 0.3) is 0 Å². The van der Waals surface area contributed by atoms with Gasteiger partial charge in [0, 0.05) is 23.3 Å². The number of hydrogen-bond donors (Lipinski definition) is 1. The number of rotatable bonds is 5. The van der Waals surface area contributed by atoms with Gasteiger partial charge >= 0.3 is 0 Å². The summed E-state index contributed by atoms with van der Waals surface area (Å²) in [4.78, 5) is 4.76. The molecule has 30 heavy (non-hydrogen) atoms. The number of nitrogens with one attached hydrogen (secondary N) is 1. The molecule has 3 heterocycles. The second-order valence-electron chi connectivity index (χ2n) is 6.94. The molecule has 0 unspecified atom stereocenters. The van der Waals surface area contributed by atoms with Crippen molar-refractivity contribution in [3.63, 3.8) is 0 Å². The lowest BCUT2D eigenvalue weighted by molar-refractivity contribution is 0.353. The average molecular weight is 400 g/mol. The number of anilines is 2. The summed E-state index contributed by atoms with van der Waals surface area (Å²) >= 11 is 0. The van der Waals surface area contributed by atoms with Crippen molar-refractivity contribution < 1.29 is 13.9 Å². The monoisotopic (exact) mass is 400 g/mol. The van der Waals surface area contributed by atoms with Crippen molar-refractivity contribution in [2.24, 2.45) is 0 Å². The van der Waals surface area contributed by atoms with Gasteiger partial charge in [0.15, 0.2) is 17.1 Å². The first kappa shape index (κ1) is 18.1. The van der Waals surface area contributed by atoms with Gasteiger partial charge in [-0.15, -0.1) is 0 Å². The first-order valence-electron chi connectivity index (χ1n) is 9.49. The Morgan fingerprint density at radius 1 is 1.03 bits per heavy atom. The van der Waals surface area contributed by atoms with Gasteiger partial charge in [-0.25, -0.2) is 9.50 Å². The lowest BCUT2D eigenvalue weighted by Gasteiger charge is -2.14. The average Bonchev–Trinajstić information content (AvgIpc) is 3.36. The van der Waals surface area contributed by atoms with Crippen LogP contribution in [0.25, 0.3) is 27.9 Å². The molecular weight excluding hydrogens is 380 g/mol. The van der Waals surface area contributed by atoms with E-state index in [4.69, 9.17) is 18.9 Å². The Hall–Kier alpha value is -4.00. The minimum Gasteiger partial charge on any atom is -0.493 e. The Morgan fingerprint density at radius 2 is 1.90 bits per heavy atom. The Morgan fingerprint density at radius 3 is 2.70 bits per heavy atom. The van der Waals surface area contributed by atoms with Crippen LogP contribution in [0, 0.1) is 6.92 Å². The molecule has 0 saturated carbocycles. The summed E-state index contributed by atoms with van der Waals surface area (Å²) in [5.74, 6) is 2.80. The van der Waals surface area contributed by atoms with E-state index in [-0.39, 0.29) is 0 Å². The van der Waals surface area contributed by atoms with Gasteiger partial charge in [0.2, 0.25) is 0 Å². The zero-order valence-electron chi connectivity index (χ0n) is 16.8. The number of furan rings is 1. The zero-order chi connectivity index (χ0) is 20.7. The molecule has 0 amide bonds. The normalized spacial score (nSPS) is 11.2. The molecule has 7 nitrogen and oxygen atoms in total.